The molecule has 0 spiro atoms. The zero-order valence-corrected chi connectivity index (χ0v) is 56.2. The van der Waals surface area contributed by atoms with Gasteiger partial charge in [0.1, 0.15) is 0 Å². The molecular weight excluding hydrogens is 1020 g/mol. The number of esters is 1. The molecule has 0 aliphatic heterocycles. The first-order valence-electron chi connectivity index (χ1n) is 37.8. The fraction of sp³-hybridized carbons (Fsp3) is 0.896. The summed E-state index contributed by atoms with van der Waals surface area (Å²) in [6.07, 6.45) is 94.0. The SMILES string of the molecule is CCCCCCC/C=C\CCCCCCCC(=O)OCCCCCCCCCCCCCCCCCC/C=C\CCCCCCCCCCCCCCCCCCCC(=O)NC(CO)C(O)/C=C/CCCCCCCCCCCCCCC. The maximum atomic E-state index is 12.5. The molecule has 0 radical (unpaired) electrons. The van der Waals surface area contributed by atoms with Gasteiger partial charge in [-0.05, 0) is 83.5 Å². The van der Waals surface area contributed by atoms with Crippen LogP contribution in [-0.2, 0) is 14.3 Å². The first-order chi connectivity index (χ1) is 41.0. The van der Waals surface area contributed by atoms with Crippen LogP contribution in [0.15, 0.2) is 36.5 Å². The van der Waals surface area contributed by atoms with Crippen molar-refractivity contribution in [1.29, 1.82) is 0 Å². The van der Waals surface area contributed by atoms with Crippen LogP contribution in [0.3, 0.4) is 0 Å². The maximum absolute atomic E-state index is 12.5. The Labute approximate surface area is 519 Å². The van der Waals surface area contributed by atoms with Gasteiger partial charge in [0, 0.05) is 12.8 Å². The van der Waals surface area contributed by atoms with Crippen LogP contribution >= 0.6 is 0 Å². The van der Waals surface area contributed by atoms with Crippen molar-refractivity contribution in [2.75, 3.05) is 13.2 Å². The quantitative estimate of drug-likeness (QED) is 0.0320. The molecule has 0 aromatic heterocycles. The third kappa shape index (κ3) is 69.1. The molecule has 1 amide bonds. The lowest BCUT2D eigenvalue weighted by molar-refractivity contribution is -0.143. The number of rotatable bonds is 71. The van der Waals surface area contributed by atoms with E-state index in [-0.39, 0.29) is 18.5 Å². The fourth-order valence-electron chi connectivity index (χ4n) is 11.9. The predicted octanol–water partition coefficient (Wildman–Crippen LogP) is 24.7. The molecule has 0 aliphatic carbocycles. The summed E-state index contributed by atoms with van der Waals surface area (Å²) in [5.41, 5.74) is 0. The van der Waals surface area contributed by atoms with Gasteiger partial charge in [-0.2, -0.15) is 0 Å². The molecule has 0 saturated carbocycles. The van der Waals surface area contributed by atoms with E-state index in [1.165, 1.54) is 347 Å². The molecule has 2 atom stereocenters. The van der Waals surface area contributed by atoms with Gasteiger partial charge in [0.2, 0.25) is 5.91 Å². The molecule has 0 aromatic carbocycles. The highest BCUT2D eigenvalue weighted by Crippen LogP contribution is 2.19. The van der Waals surface area contributed by atoms with Gasteiger partial charge in [0.25, 0.3) is 0 Å². The molecule has 0 bridgehead atoms. The van der Waals surface area contributed by atoms with Crippen LogP contribution in [-0.4, -0.2) is 47.4 Å². The van der Waals surface area contributed by atoms with Crippen molar-refractivity contribution in [1.82, 2.24) is 5.32 Å². The van der Waals surface area contributed by atoms with E-state index in [0.717, 1.165) is 44.9 Å². The number of hydrogen-bond acceptors (Lipinski definition) is 5. The summed E-state index contributed by atoms with van der Waals surface area (Å²) in [4.78, 5) is 24.6. The van der Waals surface area contributed by atoms with Crippen molar-refractivity contribution < 1.29 is 24.5 Å². The van der Waals surface area contributed by atoms with E-state index in [1.54, 1.807) is 6.08 Å². The standard InChI is InChI=1S/C77H147NO5/c1-3-5-7-9-11-13-15-17-42-45-49-53-57-61-65-69-75(80)74(73-79)78-76(81)70-66-62-58-54-50-46-43-40-38-36-34-32-30-28-26-24-22-20-19-21-23-25-27-29-31-33-35-37-39-41-44-48-52-56-60-64-68-72-83-77(82)71-67-63-59-55-51-47-18-16-14-12-10-8-6-4-2/h16,18-19,21,65,69,74-75,79-80H,3-15,17,20,22-64,66-68,70-73H2,1-2H3,(H,78,81)/b18-16-,21-19-,69-65+. The minimum absolute atomic E-state index is 0.0131. The van der Waals surface area contributed by atoms with Crippen LogP contribution in [0.2, 0.25) is 0 Å². The molecule has 0 aromatic rings. The van der Waals surface area contributed by atoms with E-state index in [1.807, 2.05) is 6.08 Å². The number of nitrogens with one attached hydrogen (secondary N) is 1. The first-order valence-corrected chi connectivity index (χ1v) is 37.8. The van der Waals surface area contributed by atoms with Gasteiger partial charge in [0.05, 0.1) is 25.4 Å². The number of unbranched alkanes of at least 4 members (excludes halogenated alkanes) is 56. The van der Waals surface area contributed by atoms with Crippen LogP contribution < -0.4 is 5.32 Å². The Bertz CT molecular complexity index is 1340. The average molecular weight is 1170 g/mol. The van der Waals surface area contributed by atoms with Crippen molar-refractivity contribution in [3.8, 4) is 0 Å². The third-order valence-electron chi connectivity index (χ3n) is 17.6. The van der Waals surface area contributed by atoms with E-state index < -0.39 is 12.1 Å². The molecular formula is C77H147NO5. The molecule has 0 rings (SSSR count). The molecule has 0 aliphatic rings. The predicted molar refractivity (Wildman–Crippen MR) is 366 cm³/mol. The summed E-state index contributed by atoms with van der Waals surface area (Å²) in [5, 5.41) is 23.2. The zero-order valence-electron chi connectivity index (χ0n) is 56.2. The third-order valence-corrected chi connectivity index (χ3v) is 17.6. The largest absolute Gasteiger partial charge is 0.466 e. The summed E-state index contributed by atoms with van der Waals surface area (Å²) in [7, 11) is 0. The summed E-state index contributed by atoms with van der Waals surface area (Å²) in [5.74, 6) is -0.0484. The molecule has 3 N–H and O–H groups in total. The second kappa shape index (κ2) is 72.6. The topological polar surface area (TPSA) is 95.9 Å². The molecule has 6 heteroatoms. The Kier molecular flexibility index (Phi) is 70.9. The number of hydrogen-bond donors (Lipinski definition) is 3. The highest BCUT2D eigenvalue weighted by molar-refractivity contribution is 5.76. The van der Waals surface area contributed by atoms with E-state index in [4.69, 9.17) is 4.74 Å². The van der Waals surface area contributed by atoms with Gasteiger partial charge in [-0.1, -0.05) is 359 Å². The summed E-state index contributed by atoms with van der Waals surface area (Å²) < 4.78 is 5.49. The van der Waals surface area contributed by atoms with Gasteiger partial charge in [-0.15, -0.1) is 0 Å². The lowest BCUT2D eigenvalue weighted by Crippen LogP contribution is -2.45. The smallest absolute Gasteiger partial charge is 0.305 e. The number of allylic oxidation sites excluding steroid dienone is 5. The van der Waals surface area contributed by atoms with Gasteiger partial charge in [-0.25, -0.2) is 0 Å². The van der Waals surface area contributed by atoms with Crippen molar-refractivity contribution in [2.24, 2.45) is 0 Å². The Hall–Kier alpha value is -1.92. The Morgan fingerprint density at radius 1 is 0.325 bits per heavy atom. The van der Waals surface area contributed by atoms with E-state index >= 15 is 0 Å². The van der Waals surface area contributed by atoms with Gasteiger partial charge < -0.3 is 20.3 Å². The monoisotopic (exact) mass is 1170 g/mol. The molecule has 6 nitrogen and oxygen atoms in total. The van der Waals surface area contributed by atoms with Crippen LogP contribution in [0.25, 0.3) is 0 Å². The second-order valence-electron chi connectivity index (χ2n) is 26.0. The normalized spacial score (nSPS) is 12.7. The highest BCUT2D eigenvalue weighted by atomic mass is 16.5. The van der Waals surface area contributed by atoms with Crippen LogP contribution in [0, 0.1) is 0 Å². The average Bonchev–Trinajstić information content (AvgIpc) is 3.49. The number of amides is 1. The number of carbonyl (C=O) groups excluding carboxylic acids is 2. The van der Waals surface area contributed by atoms with Gasteiger partial charge >= 0.3 is 5.97 Å². The Morgan fingerprint density at radius 3 is 0.855 bits per heavy atom. The summed E-state index contributed by atoms with van der Waals surface area (Å²) in [6.45, 7) is 4.92. The van der Waals surface area contributed by atoms with Crippen LogP contribution in [0.4, 0.5) is 0 Å². The Morgan fingerprint density at radius 2 is 0.566 bits per heavy atom. The minimum Gasteiger partial charge on any atom is -0.466 e. The molecule has 0 saturated heterocycles. The van der Waals surface area contributed by atoms with Crippen molar-refractivity contribution in [2.45, 2.75) is 431 Å². The van der Waals surface area contributed by atoms with Gasteiger partial charge in [-0.3, -0.25) is 9.59 Å². The van der Waals surface area contributed by atoms with E-state index in [9.17, 15) is 19.8 Å². The van der Waals surface area contributed by atoms with Crippen molar-refractivity contribution >= 4 is 11.9 Å². The minimum atomic E-state index is -0.841. The number of ether oxygens (including phenoxy) is 1. The maximum Gasteiger partial charge on any atom is 0.305 e. The lowest BCUT2D eigenvalue weighted by atomic mass is 10.0. The molecule has 490 valence electrons. The highest BCUT2D eigenvalue weighted by Gasteiger charge is 2.18. The van der Waals surface area contributed by atoms with E-state index in [2.05, 4.69) is 43.5 Å². The molecule has 2 unspecified atom stereocenters. The van der Waals surface area contributed by atoms with Crippen LogP contribution in [0.5, 0.6) is 0 Å². The summed E-state index contributed by atoms with van der Waals surface area (Å²) >= 11 is 0. The zero-order chi connectivity index (χ0) is 59.9. The number of carbonyl (C=O) groups is 2. The Balaban J connectivity index is 3.34. The molecule has 0 heterocycles. The van der Waals surface area contributed by atoms with Crippen molar-refractivity contribution in [3.05, 3.63) is 36.5 Å². The lowest BCUT2D eigenvalue weighted by Gasteiger charge is -2.20. The van der Waals surface area contributed by atoms with Crippen LogP contribution in [0.1, 0.15) is 418 Å². The molecule has 83 heavy (non-hydrogen) atoms. The second-order valence-corrected chi connectivity index (χ2v) is 26.0. The molecule has 0 fully saturated rings. The fourth-order valence-corrected chi connectivity index (χ4v) is 11.9. The summed E-state index contributed by atoms with van der Waals surface area (Å²) in [6, 6.07) is -0.625. The number of aliphatic hydroxyl groups excluding tert-OH is 2. The van der Waals surface area contributed by atoms with Crippen molar-refractivity contribution in [3.63, 3.8) is 0 Å². The number of aliphatic hydroxyl groups is 2. The van der Waals surface area contributed by atoms with Gasteiger partial charge in [0.15, 0.2) is 0 Å². The first kappa shape index (κ1) is 81.1. The van der Waals surface area contributed by atoms with E-state index in [0.29, 0.717) is 19.4 Å².